The Balaban J connectivity index is 2.09. The maximum absolute atomic E-state index is 4.95. The molecule has 0 unspecified atom stereocenters. The van der Waals surface area contributed by atoms with Crippen LogP contribution < -0.4 is 5.32 Å². The largest absolute Gasteiger partial charge is 0.383 e. The molecule has 0 fully saturated rings. The smallest absolute Gasteiger partial charge is 0.0968 e. The van der Waals surface area contributed by atoms with Crippen molar-refractivity contribution in [3.05, 3.63) is 27.7 Å². The second kappa shape index (κ2) is 8.39. The van der Waals surface area contributed by atoms with Crippen molar-refractivity contribution in [2.75, 3.05) is 26.8 Å². The first-order valence-electron chi connectivity index (χ1n) is 6.01. The lowest BCUT2D eigenvalue weighted by Crippen LogP contribution is -2.19. The third-order valence-electron chi connectivity index (χ3n) is 2.50. The van der Waals surface area contributed by atoms with E-state index < -0.39 is 0 Å². The highest BCUT2D eigenvalue weighted by molar-refractivity contribution is 7.11. The number of hydrogen-bond acceptors (Lipinski definition) is 4. The van der Waals surface area contributed by atoms with E-state index >= 15 is 0 Å². The van der Waals surface area contributed by atoms with Gasteiger partial charge in [-0.15, -0.1) is 11.3 Å². The Labute approximate surface area is 108 Å². The summed E-state index contributed by atoms with van der Waals surface area (Å²) in [5, 5.41) is 4.52. The Bertz CT molecular complexity index is 328. The van der Waals surface area contributed by atoms with Gasteiger partial charge in [0.1, 0.15) is 0 Å². The maximum atomic E-state index is 4.95. The second-order valence-corrected chi connectivity index (χ2v) is 5.24. The van der Waals surface area contributed by atoms with E-state index in [-0.39, 0.29) is 0 Å². The van der Waals surface area contributed by atoms with Crippen LogP contribution in [0.25, 0.3) is 0 Å². The third-order valence-corrected chi connectivity index (χ3v) is 3.60. The quantitative estimate of drug-likeness (QED) is 0.571. The van der Waals surface area contributed by atoms with Gasteiger partial charge in [0, 0.05) is 25.0 Å². The Morgan fingerprint density at radius 1 is 1.29 bits per heavy atom. The van der Waals surface area contributed by atoms with Crippen LogP contribution in [0.3, 0.4) is 0 Å². The summed E-state index contributed by atoms with van der Waals surface area (Å²) in [7, 11) is 1.72. The van der Waals surface area contributed by atoms with Crippen LogP contribution >= 0.6 is 11.3 Å². The Morgan fingerprint density at radius 2 is 2.12 bits per heavy atom. The number of nitrogens with zero attached hydrogens (tertiary/aromatic N) is 1. The van der Waals surface area contributed by atoms with Crippen molar-refractivity contribution < 1.29 is 4.74 Å². The van der Waals surface area contributed by atoms with Crippen molar-refractivity contribution in [3.8, 4) is 0 Å². The molecule has 0 spiro atoms. The van der Waals surface area contributed by atoms with Gasteiger partial charge in [-0.1, -0.05) is 12.2 Å². The fourth-order valence-corrected chi connectivity index (χ4v) is 2.32. The summed E-state index contributed by atoms with van der Waals surface area (Å²) in [6.07, 6.45) is 6.44. The van der Waals surface area contributed by atoms with Gasteiger partial charge in [-0.2, -0.15) is 0 Å². The molecule has 0 atom stereocenters. The average Bonchev–Trinajstić information content (AvgIpc) is 2.62. The normalized spacial score (nSPS) is 11.5. The Morgan fingerprint density at radius 3 is 2.76 bits per heavy atom. The molecular formula is C13H22N2OS. The fraction of sp³-hybridized carbons (Fsp3) is 0.615. The lowest BCUT2D eigenvalue weighted by molar-refractivity contribution is 0.199. The van der Waals surface area contributed by atoms with Gasteiger partial charge in [-0.05, 0) is 26.8 Å². The molecule has 3 nitrogen and oxygen atoms in total. The number of rotatable bonds is 8. The van der Waals surface area contributed by atoms with E-state index in [1.807, 2.05) is 0 Å². The zero-order valence-electron chi connectivity index (χ0n) is 11.0. The average molecular weight is 254 g/mol. The second-order valence-electron chi connectivity index (χ2n) is 3.96. The first kappa shape index (κ1) is 14.4. The number of hydrogen-bond donors (Lipinski definition) is 1. The number of thiazole rings is 1. The van der Waals surface area contributed by atoms with Gasteiger partial charge in [0.15, 0.2) is 0 Å². The van der Waals surface area contributed by atoms with E-state index in [1.165, 1.54) is 15.6 Å². The van der Waals surface area contributed by atoms with Gasteiger partial charge in [-0.3, -0.25) is 0 Å². The van der Waals surface area contributed by atoms with Crippen molar-refractivity contribution in [1.82, 2.24) is 10.3 Å². The first-order valence-corrected chi connectivity index (χ1v) is 6.83. The van der Waals surface area contributed by atoms with E-state index in [1.54, 1.807) is 18.4 Å². The van der Waals surface area contributed by atoms with Crippen LogP contribution in [0.2, 0.25) is 0 Å². The molecular weight excluding hydrogens is 232 g/mol. The number of allylic oxidation sites excluding steroid dienone is 1. The van der Waals surface area contributed by atoms with Crippen LogP contribution in [0, 0.1) is 13.8 Å². The number of aromatic nitrogens is 1. The van der Waals surface area contributed by atoms with Gasteiger partial charge in [-0.25, -0.2) is 4.98 Å². The molecule has 1 aromatic heterocycles. The molecule has 1 heterocycles. The molecule has 0 saturated heterocycles. The highest BCUT2D eigenvalue weighted by atomic mass is 32.1. The van der Waals surface area contributed by atoms with E-state index in [9.17, 15) is 0 Å². The molecule has 0 bridgehead atoms. The van der Waals surface area contributed by atoms with E-state index in [2.05, 4.69) is 36.3 Å². The standard InChI is InChI=1S/C13H22N2OS/c1-11-12(2)17-13(15-11)7-5-4-6-8-14-9-10-16-3/h4-5,14H,6-10H2,1-3H3. The van der Waals surface area contributed by atoms with Gasteiger partial charge in [0.05, 0.1) is 17.3 Å². The molecule has 0 aliphatic carbocycles. The minimum Gasteiger partial charge on any atom is -0.383 e. The van der Waals surface area contributed by atoms with E-state index in [0.717, 1.165) is 32.5 Å². The molecule has 0 aromatic carbocycles. The highest BCUT2D eigenvalue weighted by Gasteiger charge is 2.00. The third kappa shape index (κ3) is 5.96. The van der Waals surface area contributed by atoms with Crippen LogP contribution in [0.5, 0.6) is 0 Å². The monoisotopic (exact) mass is 254 g/mol. The van der Waals surface area contributed by atoms with E-state index in [0.29, 0.717) is 0 Å². The molecule has 0 aliphatic rings. The van der Waals surface area contributed by atoms with Crippen molar-refractivity contribution in [3.63, 3.8) is 0 Å². The predicted octanol–water partition coefficient (Wildman–Crippen LogP) is 2.48. The van der Waals surface area contributed by atoms with Gasteiger partial charge < -0.3 is 10.1 Å². The molecule has 1 rings (SSSR count). The van der Waals surface area contributed by atoms with Crippen LogP contribution in [-0.2, 0) is 11.2 Å². The highest BCUT2D eigenvalue weighted by Crippen LogP contribution is 2.16. The summed E-state index contributed by atoms with van der Waals surface area (Å²) < 4.78 is 4.95. The van der Waals surface area contributed by atoms with Crippen LogP contribution in [0.1, 0.15) is 22.0 Å². The summed E-state index contributed by atoms with van der Waals surface area (Å²) in [4.78, 5) is 5.83. The van der Waals surface area contributed by atoms with E-state index in [4.69, 9.17) is 4.74 Å². The molecule has 17 heavy (non-hydrogen) atoms. The van der Waals surface area contributed by atoms with Crippen LogP contribution in [-0.4, -0.2) is 31.8 Å². The molecule has 1 aromatic rings. The Hall–Kier alpha value is -0.710. The molecule has 4 heteroatoms. The molecule has 96 valence electrons. The number of methoxy groups -OCH3 is 1. The minimum absolute atomic E-state index is 0.779. The molecule has 0 radical (unpaired) electrons. The predicted molar refractivity (Wildman–Crippen MR) is 73.8 cm³/mol. The van der Waals surface area contributed by atoms with Gasteiger partial charge in [0.2, 0.25) is 0 Å². The minimum atomic E-state index is 0.779. The lowest BCUT2D eigenvalue weighted by atomic mass is 10.3. The van der Waals surface area contributed by atoms with Gasteiger partial charge >= 0.3 is 0 Å². The zero-order chi connectivity index (χ0) is 12.5. The number of aryl methyl sites for hydroxylation is 2. The summed E-state index contributed by atoms with van der Waals surface area (Å²) in [5.41, 5.74) is 1.17. The number of ether oxygens (including phenoxy) is 1. The lowest BCUT2D eigenvalue weighted by Gasteiger charge is -2.00. The van der Waals surface area contributed by atoms with Crippen molar-refractivity contribution >= 4 is 11.3 Å². The van der Waals surface area contributed by atoms with Gasteiger partial charge in [0.25, 0.3) is 0 Å². The SMILES string of the molecule is COCCNCCC=CCc1nc(C)c(C)s1. The topological polar surface area (TPSA) is 34.1 Å². The summed E-state index contributed by atoms with van der Waals surface area (Å²) >= 11 is 1.79. The van der Waals surface area contributed by atoms with Crippen molar-refractivity contribution in [2.24, 2.45) is 0 Å². The van der Waals surface area contributed by atoms with Crippen LogP contribution in [0.15, 0.2) is 12.2 Å². The molecule has 0 aliphatic heterocycles. The van der Waals surface area contributed by atoms with Crippen LogP contribution in [0.4, 0.5) is 0 Å². The summed E-state index contributed by atoms with van der Waals surface area (Å²) in [6, 6.07) is 0. The maximum Gasteiger partial charge on any atom is 0.0968 e. The Kier molecular flexibility index (Phi) is 7.08. The van der Waals surface area contributed by atoms with Crippen molar-refractivity contribution in [2.45, 2.75) is 26.7 Å². The summed E-state index contributed by atoms with van der Waals surface area (Å²) in [5.74, 6) is 0. The van der Waals surface area contributed by atoms with Crippen molar-refractivity contribution in [1.29, 1.82) is 0 Å². The molecule has 0 amide bonds. The first-order chi connectivity index (χ1) is 8.24. The number of nitrogens with one attached hydrogen (secondary N) is 1. The summed E-state index contributed by atoms with van der Waals surface area (Å²) in [6.45, 7) is 6.91. The zero-order valence-corrected chi connectivity index (χ0v) is 11.8. The molecule has 0 saturated carbocycles. The molecule has 1 N–H and O–H groups in total. The fourth-order valence-electron chi connectivity index (χ4n) is 1.41.